The number of hydrogen-bond donors (Lipinski definition) is 4. The van der Waals surface area contributed by atoms with E-state index in [2.05, 4.69) is 46.4 Å². The Morgan fingerprint density at radius 1 is 0.400 bits per heavy atom. The van der Waals surface area contributed by atoms with Crippen molar-refractivity contribution in [1.82, 2.24) is 0 Å². The summed E-state index contributed by atoms with van der Waals surface area (Å²) in [4.78, 5) is 9.05. The Balaban J connectivity index is 1.82. The second-order valence-electron chi connectivity index (χ2n) is 14.0. The van der Waals surface area contributed by atoms with E-state index in [-0.39, 0.29) is 11.9 Å². The standard InChI is InChI=1S/C46H62N6O8/c1-5-53-15-19-57-41-31-11-9-13-33(41)24-35-27-39(51-45(47)48)29-37(43(35)59-21-17-55-7-3)26-38-30-40(52-46(49)50)28-36(44(38)60-22-18-56-8-4)25-34-14-10-12-32(23-31)42(34)58-20-16-54-6-2/h9-14,27-30H,5-8,15-26H2,1-4H3,(H4,47,48,51)(H4,49,50,52). The van der Waals surface area contributed by atoms with Crippen LogP contribution in [0.25, 0.3) is 0 Å². The lowest BCUT2D eigenvalue weighted by Gasteiger charge is -2.23. The van der Waals surface area contributed by atoms with Gasteiger partial charge in [0.2, 0.25) is 0 Å². The van der Waals surface area contributed by atoms with Crippen molar-refractivity contribution in [3.63, 3.8) is 0 Å². The number of hydrogen-bond acceptors (Lipinski definition) is 10. The summed E-state index contributed by atoms with van der Waals surface area (Å²) in [5.74, 6) is 2.73. The highest BCUT2D eigenvalue weighted by Crippen LogP contribution is 2.41. The van der Waals surface area contributed by atoms with Crippen LogP contribution in [0.15, 0.2) is 70.6 Å². The lowest BCUT2D eigenvalue weighted by molar-refractivity contribution is 0.108. The van der Waals surface area contributed by atoms with Gasteiger partial charge in [0.25, 0.3) is 0 Å². The average molecular weight is 827 g/mol. The normalized spacial score (nSPS) is 12.1. The molecule has 0 heterocycles. The zero-order valence-electron chi connectivity index (χ0n) is 35.6. The Morgan fingerprint density at radius 3 is 0.917 bits per heavy atom. The van der Waals surface area contributed by atoms with E-state index in [0.717, 1.165) is 56.0 Å². The van der Waals surface area contributed by atoms with Gasteiger partial charge in [-0.1, -0.05) is 36.4 Å². The molecule has 1 aliphatic rings. The molecule has 5 rings (SSSR count). The molecule has 0 saturated carbocycles. The molecule has 8 bridgehead atoms. The van der Waals surface area contributed by atoms with Crippen LogP contribution < -0.4 is 41.9 Å². The number of fused-ring (bicyclic) bond motifs is 8. The molecule has 1 aliphatic carbocycles. The highest BCUT2D eigenvalue weighted by molar-refractivity contribution is 5.80. The molecule has 0 unspecified atom stereocenters. The fourth-order valence-electron chi connectivity index (χ4n) is 7.21. The van der Waals surface area contributed by atoms with Crippen LogP contribution in [0.2, 0.25) is 0 Å². The van der Waals surface area contributed by atoms with E-state index in [1.54, 1.807) is 0 Å². The third-order valence-electron chi connectivity index (χ3n) is 9.56. The first-order chi connectivity index (χ1) is 29.2. The van der Waals surface area contributed by atoms with Crippen molar-refractivity contribution in [3.8, 4) is 23.0 Å². The van der Waals surface area contributed by atoms with Crippen LogP contribution in [0.4, 0.5) is 11.4 Å². The van der Waals surface area contributed by atoms with Crippen LogP contribution >= 0.6 is 0 Å². The van der Waals surface area contributed by atoms with Crippen molar-refractivity contribution in [3.05, 3.63) is 105 Å². The molecule has 0 atom stereocenters. The van der Waals surface area contributed by atoms with Gasteiger partial charge in [0, 0.05) is 74.4 Å². The van der Waals surface area contributed by atoms with Gasteiger partial charge in [-0.15, -0.1) is 0 Å². The van der Waals surface area contributed by atoms with Crippen LogP contribution in [-0.2, 0) is 44.6 Å². The van der Waals surface area contributed by atoms with E-state index in [0.29, 0.717) is 128 Å². The Hall–Kier alpha value is -5.54. The van der Waals surface area contributed by atoms with E-state index in [9.17, 15) is 0 Å². The number of nitrogens with two attached hydrogens (primary N) is 4. The minimum atomic E-state index is -0.0709. The number of para-hydroxylation sites is 2. The molecule has 0 aromatic heterocycles. The molecule has 4 aromatic carbocycles. The first kappa shape index (κ1) is 45.5. The average Bonchev–Trinajstić information content (AvgIpc) is 3.20. The third kappa shape index (κ3) is 13.2. The number of rotatable bonds is 22. The number of aliphatic imine (C=N–C) groups is 2. The minimum Gasteiger partial charge on any atom is -0.491 e. The molecule has 0 amide bonds. The van der Waals surface area contributed by atoms with E-state index < -0.39 is 0 Å². The number of ether oxygens (including phenoxy) is 8. The fraction of sp³-hybridized carbons (Fsp3) is 0.435. The monoisotopic (exact) mass is 826 g/mol. The molecular weight excluding hydrogens is 765 g/mol. The predicted octanol–water partition coefficient (Wildman–Crippen LogP) is 5.83. The maximum Gasteiger partial charge on any atom is 0.191 e. The van der Waals surface area contributed by atoms with Crippen molar-refractivity contribution >= 4 is 23.3 Å². The maximum absolute atomic E-state index is 6.67. The highest BCUT2D eigenvalue weighted by Gasteiger charge is 2.23. The van der Waals surface area contributed by atoms with Crippen molar-refractivity contribution in [2.45, 2.75) is 53.4 Å². The summed E-state index contributed by atoms with van der Waals surface area (Å²) in [5, 5.41) is 0. The Labute approximate surface area is 354 Å². The van der Waals surface area contributed by atoms with Crippen molar-refractivity contribution in [2.24, 2.45) is 32.9 Å². The van der Waals surface area contributed by atoms with Gasteiger partial charge in [0.1, 0.15) is 49.4 Å². The highest BCUT2D eigenvalue weighted by atomic mass is 16.5. The summed E-state index contributed by atoms with van der Waals surface area (Å²) >= 11 is 0. The second-order valence-corrected chi connectivity index (χ2v) is 14.0. The maximum atomic E-state index is 6.67. The zero-order valence-corrected chi connectivity index (χ0v) is 35.6. The number of nitrogens with zero attached hydrogens (tertiary/aromatic N) is 2. The van der Waals surface area contributed by atoms with Gasteiger partial charge in [0.05, 0.1) is 37.8 Å². The molecule has 0 aliphatic heterocycles. The van der Waals surface area contributed by atoms with E-state index >= 15 is 0 Å². The molecule has 14 nitrogen and oxygen atoms in total. The largest absolute Gasteiger partial charge is 0.491 e. The van der Waals surface area contributed by atoms with Crippen molar-refractivity contribution < 1.29 is 37.9 Å². The Bertz CT molecular complexity index is 1900. The summed E-state index contributed by atoms with van der Waals surface area (Å²) < 4.78 is 49.4. The van der Waals surface area contributed by atoms with Gasteiger partial charge >= 0.3 is 0 Å². The summed E-state index contributed by atoms with van der Waals surface area (Å²) in [5.41, 5.74) is 32.3. The van der Waals surface area contributed by atoms with Gasteiger partial charge in [0.15, 0.2) is 11.9 Å². The first-order valence-corrected chi connectivity index (χ1v) is 20.8. The predicted molar refractivity (Wildman–Crippen MR) is 236 cm³/mol. The molecule has 0 fully saturated rings. The fourth-order valence-corrected chi connectivity index (χ4v) is 7.21. The van der Waals surface area contributed by atoms with E-state index in [4.69, 9.17) is 60.8 Å². The van der Waals surface area contributed by atoms with E-state index in [1.807, 2.05) is 52.0 Å². The van der Waals surface area contributed by atoms with Gasteiger partial charge in [-0.2, -0.15) is 0 Å². The van der Waals surface area contributed by atoms with E-state index in [1.165, 1.54) is 0 Å². The van der Waals surface area contributed by atoms with Crippen LogP contribution in [-0.4, -0.2) is 91.2 Å². The SMILES string of the molecule is CCOCCOc1c2cccc1Cc1cc(N=C(N)N)cc(c1OCCOCC)Cc1cc(N=C(N)N)cc(c1OCCOCC)Cc1cccc(c1OCCOCC)C2. The summed E-state index contributed by atoms with van der Waals surface area (Å²) in [6, 6.07) is 20.2. The molecule has 8 N–H and O–H groups in total. The van der Waals surface area contributed by atoms with Gasteiger partial charge in [-0.05, 0) is 74.2 Å². The van der Waals surface area contributed by atoms with Crippen LogP contribution in [0.5, 0.6) is 23.0 Å². The molecular formula is C46H62N6O8. The quantitative estimate of drug-likeness (QED) is 0.0370. The molecule has 324 valence electrons. The lowest BCUT2D eigenvalue weighted by Crippen LogP contribution is -2.22. The lowest BCUT2D eigenvalue weighted by atomic mass is 9.90. The molecule has 14 heteroatoms. The van der Waals surface area contributed by atoms with Crippen molar-refractivity contribution in [2.75, 3.05) is 79.3 Å². The first-order valence-electron chi connectivity index (χ1n) is 20.8. The molecule has 0 saturated heterocycles. The topological polar surface area (TPSA) is 203 Å². The van der Waals surface area contributed by atoms with Gasteiger partial charge in [-0.3, -0.25) is 0 Å². The number of benzene rings is 4. The summed E-state index contributed by atoms with van der Waals surface area (Å²) in [7, 11) is 0. The molecule has 0 radical (unpaired) electrons. The number of guanidine groups is 2. The molecule has 4 aromatic rings. The molecule has 0 spiro atoms. The van der Waals surface area contributed by atoms with Crippen LogP contribution in [0.1, 0.15) is 72.2 Å². The van der Waals surface area contributed by atoms with Crippen LogP contribution in [0.3, 0.4) is 0 Å². The minimum absolute atomic E-state index is 0.0709. The van der Waals surface area contributed by atoms with Gasteiger partial charge < -0.3 is 60.8 Å². The summed E-state index contributed by atoms with van der Waals surface area (Å²) in [6.45, 7) is 13.2. The second kappa shape index (κ2) is 23.9. The molecule has 60 heavy (non-hydrogen) atoms. The summed E-state index contributed by atoms with van der Waals surface area (Å²) in [6.07, 6.45) is 1.71. The Kier molecular flexibility index (Phi) is 18.1. The smallest absolute Gasteiger partial charge is 0.191 e. The Morgan fingerprint density at radius 2 is 0.650 bits per heavy atom. The zero-order chi connectivity index (χ0) is 42.7. The third-order valence-corrected chi connectivity index (χ3v) is 9.56. The van der Waals surface area contributed by atoms with Crippen molar-refractivity contribution in [1.29, 1.82) is 0 Å². The van der Waals surface area contributed by atoms with Gasteiger partial charge in [-0.25, -0.2) is 9.98 Å². The van der Waals surface area contributed by atoms with Crippen LogP contribution in [0, 0.1) is 0 Å².